The van der Waals surface area contributed by atoms with Gasteiger partial charge in [-0.15, -0.1) is 0 Å². The number of nitrogens with zero attached hydrogens (tertiary/aromatic N) is 2. The molecule has 0 radical (unpaired) electrons. The van der Waals surface area contributed by atoms with E-state index >= 15 is 0 Å². The highest BCUT2D eigenvalue weighted by atomic mass is 35.5. The molecular formula is C24H18ClN3O5S. The van der Waals surface area contributed by atoms with Crippen LogP contribution >= 0.6 is 23.4 Å². The van der Waals surface area contributed by atoms with Crippen LogP contribution in [-0.4, -0.2) is 23.1 Å². The molecule has 1 amide bonds. The summed E-state index contributed by atoms with van der Waals surface area (Å²) in [7, 11) is 1.51. The molecule has 1 aliphatic rings. The van der Waals surface area contributed by atoms with Crippen LogP contribution in [-0.2, 0) is 11.4 Å². The second-order valence-corrected chi connectivity index (χ2v) is 8.50. The van der Waals surface area contributed by atoms with Gasteiger partial charge in [0, 0.05) is 12.1 Å². The van der Waals surface area contributed by atoms with Crippen LogP contribution in [0.15, 0.2) is 76.6 Å². The van der Waals surface area contributed by atoms with E-state index in [0.29, 0.717) is 37.8 Å². The van der Waals surface area contributed by atoms with Crippen molar-refractivity contribution in [3.63, 3.8) is 0 Å². The number of amidine groups is 1. The minimum Gasteiger partial charge on any atom is -0.493 e. The van der Waals surface area contributed by atoms with Crippen LogP contribution in [0.3, 0.4) is 0 Å². The monoisotopic (exact) mass is 495 g/mol. The zero-order valence-electron chi connectivity index (χ0n) is 17.9. The molecule has 0 unspecified atom stereocenters. The summed E-state index contributed by atoms with van der Waals surface area (Å²) in [5, 5.41) is 14.6. The number of nitrogens with one attached hydrogen (secondary N) is 1. The van der Waals surface area contributed by atoms with Crippen LogP contribution in [0.5, 0.6) is 11.5 Å². The van der Waals surface area contributed by atoms with E-state index in [-0.39, 0.29) is 18.2 Å². The Hall–Kier alpha value is -3.82. The number of nitro groups is 1. The second-order valence-electron chi connectivity index (χ2n) is 7.06. The minimum absolute atomic E-state index is 0.000165. The van der Waals surface area contributed by atoms with Gasteiger partial charge in [-0.05, 0) is 53.2 Å². The highest BCUT2D eigenvalue weighted by molar-refractivity contribution is 8.18. The number of para-hydroxylation sites is 1. The van der Waals surface area contributed by atoms with Crippen molar-refractivity contribution in [2.24, 2.45) is 4.99 Å². The summed E-state index contributed by atoms with van der Waals surface area (Å²) in [4.78, 5) is 27.8. The van der Waals surface area contributed by atoms with Crippen LogP contribution < -0.4 is 14.8 Å². The molecule has 4 rings (SSSR count). The van der Waals surface area contributed by atoms with Crippen molar-refractivity contribution in [2.45, 2.75) is 6.61 Å². The first-order valence-corrected chi connectivity index (χ1v) is 11.2. The molecule has 0 saturated carbocycles. The van der Waals surface area contributed by atoms with E-state index in [9.17, 15) is 14.9 Å². The summed E-state index contributed by atoms with van der Waals surface area (Å²) in [6.45, 7) is 0.138. The van der Waals surface area contributed by atoms with E-state index < -0.39 is 4.92 Å². The maximum absolute atomic E-state index is 12.4. The fourth-order valence-corrected chi connectivity index (χ4v) is 4.11. The number of amides is 1. The first-order valence-electron chi connectivity index (χ1n) is 10.0. The molecule has 0 aromatic heterocycles. The lowest BCUT2D eigenvalue weighted by molar-refractivity contribution is -0.384. The molecule has 1 saturated heterocycles. The van der Waals surface area contributed by atoms with E-state index in [1.807, 2.05) is 12.1 Å². The van der Waals surface area contributed by atoms with E-state index in [0.717, 1.165) is 5.56 Å². The van der Waals surface area contributed by atoms with Gasteiger partial charge in [-0.25, -0.2) is 4.99 Å². The summed E-state index contributed by atoms with van der Waals surface area (Å²) in [5.41, 5.74) is 1.96. The predicted octanol–water partition coefficient (Wildman–Crippen LogP) is 5.73. The molecule has 0 bridgehead atoms. The number of hydrogen-bond acceptors (Lipinski definition) is 7. The summed E-state index contributed by atoms with van der Waals surface area (Å²) in [6.07, 6.45) is 1.72. The Balaban J connectivity index is 1.49. The van der Waals surface area contributed by atoms with Gasteiger partial charge in [0.05, 0.1) is 27.6 Å². The number of halogens is 1. The highest BCUT2D eigenvalue weighted by Gasteiger charge is 2.24. The fraction of sp³-hybridized carbons (Fsp3) is 0.0833. The number of thioether (sulfide) groups is 1. The van der Waals surface area contributed by atoms with Gasteiger partial charge in [0.1, 0.15) is 6.61 Å². The number of carbonyl (C=O) groups is 1. The third kappa shape index (κ3) is 5.56. The number of hydrogen-bond donors (Lipinski definition) is 1. The first-order chi connectivity index (χ1) is 16.4. The molecule has 0 aliphatic carbocycles. The molecule has 1 fully saturated rings. The topological polar surface area (TPSA) is 103 Å². The Morgan fingerprint density at radius 2 is 1.94 bits per heavy atom. The largest absolute Gasteiger partial charge is 0.493 e. The van der Waals surface area contributed by atoms with Gasteiger partial charge in [0.25, 0.3) is 11.6 Å². The van der Waals surface area contributed by atoms with Crippen molar-refractivity contribution in [1.82, 2.24) is 5.32 Å². The molecule has 3 aromatic carbocycles. The average Bonchev–Trinajstić information content (AvgIpc) is 3.18. The molecule has 1 heterocycles. The van der Waals surface area contributed by atoms with Gasteiger partial charge in [-0.3, -0.25) is 14.9 Å². The Morgan fingerprint density at radius 3 is 2.71 bits per heavy atom. The standard InChI is InChI=1S/C24H18ClN3O5S/c1-32-21-12-15(9-10-20(21)33-14-16-5-4-6-17(11-16)28(30)31)13-22-23(29)27-24(34-22)26-19-8-3-2-7-18(19)25/h2-13H,14H2,1H3,(H,26,27,29)/b22-13+. The highest BCUT2D eigenvalue weighted by Crippen LogP contribution is 2.33. The molecule has 0 spiro atoms. The maximum atomic E-state index is 12.4. The lowest BCUT2D eigenvalue weighted by Crippen LogP contribution is -2.19. The van der Waals surface area contributed by atoms with Crippen molar-refractivity contribution in [1.29, 1.82) is 0 Å². The number of carbonyl (C=O) groups excluding carboxylic acids is 1. The summed E-state index contributed by atoms with van der Waals surface area (Å²) in [6, 6.07) is 18.6. The molecule has 1 aliphatic heterocycles. The van der Waals surface area contributed by atoms with Crippen LogP contribution in [0.2, 0.25) is 5.02 Å². The Bertz CT molecular complexity index is 1330. The predicted molar refractivity (Wildman–Crippen MR) is 133 cm³/mol. The second kappa shape index (κ2) is 10.4. The summed E-state index contributed by atoms with van der Waals surface area (Å²) >= 11 is 7.35. The third-order valence-corrected chi connectivity index (χ3v) is 5.96. The molecule has 3 aromatic rings. The van der Waals surface area contributed by atoms with E-state index in [4.69, 9.17) is 21.1 Å². The fourth-order valence-electron chi connectivity index (χ4n) is 3.10. The quantitative estimate of drug-likeness (QED) is 0.255. The van der Waals surface area contributed by atoms with Crippen LogP contribution in [0.25, 0.3) is 6.08 Å². The molecule has 8 nitrogen and oxygen atoms in total. The smallest absolute Gasteiger partial charge is 0.269 e. The Labute approximate surface area is 204 Å². The van der Waals surface area contributed by atoms with Gasteiger partial charge < -0.3 is 14.8 Å². The summed E-state index contributed by atoms with van der Waals surface area (Å²) in [5.74, 6) is 0.676. The molecule has 34 heavy (non-hydrogen) atoms. The van der Waals surface area contributed by atoms with Gasteiger partial charge in [-0.2, -0.15) is 0 Å². The van der Waals surface area contributed by atoms with Gasteiger partial charge in [0.2, 0.25) is 0 Å². The van der Waals surface area contributed by atoms with E-state index in [1.165, 1.54) is 31.0 Å². The van der Waals surface area contributed by atoms with Gasteiger partial charge in [-0.1, -0.05) is 41.9 Å². The van der Waals surface area contributed by atoms with Crippen molar-refractivity contribution >= 4 is 51.9 Å². The number of non-ortho nitro benzene ring substituents is 1. The Kier molecular flexibility index (Phi) is 7.15. The van der Waals surface area contributed by atoms with Crippen LogP contribution in [0, 0.1) is 10.1 Å². The number of ether oxygens (including phenoxy) is 2. The minimum atomic E-state index is -0.450. The van der Waals surface area contributed by atoms with Crippen molar-refractivity contribution in [2.75, 3.05) is 7.11 Å². The summed E-state index contributed by atoms with van der Waals surface area (Å²) < 4.78 is 11.2. The lowest BCUT2D eigenvalue weighted by atomic mass is 10.1. The number of nitro benzene ring substituents is 1. The average molecular weight is 496 g/mol. The van der Waals surface area contributed by atoms with Crippen LogP contribution in [0.4, 0.5) is 11.4 Å². The van der Waals surface area contributed by atoms with Gasteiger partial charge >= 0.3 is 0 Å². The SMILES string of the molecule is COc1cc(/C=C2/SC(=Nc3ccccc3Cl)NC2=O)ccc1OCc1cccc([N+](=O)[O-])c1. The third-order valence-electron chi connectivity index (χ3n) is 4.73. The Morgan fingerprint density at radius 1 is 1.12 bits per heavy atom. The molecular weight excluding hydrogens is 478 g/mol. The van der Waals surface area contributed by atoms with Crippen molar-refractivity contribution in [3.8, 4) is 11.5 Å². The van der Waals surface area contributed by atoms with E-state index in [1.54, 1.807) is 48.5 Å². The van der Waals surface area contributed by atoms with Crippen molar-refractivity contribution < 1.29 is 19.2 Å². The zero-order chi connectivity index (χ0) is 24.1. The molecule has 0 atom stereocenters. The number of aliphatic imine (C=N–C) groups is 1. The first kappa shape index (κ1) is 23.3. The van der Waals surface area contributed by atoms with Gasteiger partial charge in [0.15, 0.2) is 16.7 Å². The number of benzene rings is 3. The molecule has 1 N–H and O–H groups in total. The van der Waals surface area contributed by atoms with Crippen molar-refractivity contribution in [3.05, 3.63) is 97.9 Å². The van der Waals surface area contributed by atoms with Crippen LogP contribution in [0.1, 0.15) is 11.1 Å². The number of rotatable bonds is 7. The lowest BCUT2D eigenvalue weighted by Gasteiger charge is -2.11. The number of methoxy groups -OCH3 is 1. The van der Waals surface area contributed by atoms with E-state index in [2.05, 4.69) is 10.3 Å². The molecule has 172 valence electrons. The normalized spacial score (nSPS) is 15.4. The maximum Gasteiger partial charge on any atom is 0.269 e. The molecule has 10 heteroatoms. The zero-order valence-corrected chi connectivity index (χ0v) is 19.4.